The van der Waals surface area contributed by atoms with Gasteiger partial charge in [-0.1, -0.05) is 12.1 Å². The zero-order valence-corrected chi connectivity index (χ0v) is 8.38. The second-order valence-electron chi connectivity index (χ2n) is 2.43. The average Bonchev–Trinajstić information content (AvgIpc) is 2.21. The summed E-state index contributed by atoms with van der Waals surface area (Å²) in [7, 11) is 0. The van der Waals surface area contributed by atoms with Crippen molar-refractivity contribution in [3.63, 3.8) is 0 Å². The molecule has 0 aromatic carbocycles. The minimum atomic E-state index is 0. The van der Waals surface area contributed by atoms with Gasteiger partial charge in [0.05, 0.1) is 11.4 Å². The Kier molecular flexibility index (Phi) is 3.76. The van der Waals surface area contributed by atoms with E-state index in [1.54, 1.807) is 12.4 Å². The minimum absolute atomic E-state index is 0. The predicted octanol–water partition coefficient (Wildman–Crippen LogP) is 2.14. The fraction of sp³-hybridized carbons (Fsp3) is 0. The van der Waals surface area contributed by atoms with Gasteiger partial charge >= 0.3 is 20.4 Å². The van der Waals surface area contributed by atoms with Crippen molar-refractivity contribution in [2.45, 2.75) is 0 Å². The van der Waals surface area contributed by atoms with Crippen molar-refractivity contribution >= 4 is 0 Å². The smallest absolute Gasteiger partial charge is 0.255 e. The number of rotatable bonds is 1. The summed E-state index contributed by atoms with van der Waals surface area (Å²) in [5.74, 6) is 0. The Hall–Kier alpha value is -1.04. The Balaban J connectivity index is 0.000000845. The van der Waals surface area contributed by atoms with E-state index in [-0.39, 0.29) is 20.4 Å². The van der Waals surface area contributed by atoms with Crippen LogP contribution in [0.4, 0.5) is 0 Å². The molecule has 13 heavy (non-hydrogen) atoms. The topological polar surface area (TPSA) is 25.8 Å². The van der Waals surface area contributed by atoms with E-state index in [1.807, 2.05) is 36.4 Å². The van der Waals surface area contributed by atoms with E-state index < -0.39 is 0 Å². The summed E-state index contributed by atoms with van der Waals surface area (Å²) in [6.07, 6.45) is 3.54. The van der Waals surface area contributed by atoms with E-state index in [4.69, 9.17) is 0 Å². The Labute approximate surface area is 90.7 Å². The molecule has 0 unspecified atom stereocenters. The van der Waals surface area contributed by atoms with Crippen molar-refractivity contribution < 1.29 is 20.4 Å². The van der Waals surface area contributed by atoms with Gasteiger partial charge in [-0.3, -0.25) is 9.97 Å². The molecule has 0 fully saturated rings. The molecule has 0 spiro atoms. The van der Waals surface area contributed by atoms with E-state index in [0.29, 0.717) is 0 Å². The maximum absolute atomic E-state index is 4.19. The first-order chi connectivity index (χ1) is 5.97. The molecule has 0 bridgehead atoms. The Morgan fingerprint density at radius 1 is 0.692 bits per heavy atom. The van der Waals surface area contributed by atoms with Crippen molar-refractivity contribution in [3.8, 4) is 11.4 Å². The van der Waals surface area contributed by atoms with Gasteiger partial charge in [0.15, 0.2) is 0 Å². The Bertz CT molecular complexity index is 310. The van der Waals surface area contributed by atoms with Crippen LogP contribution in [0.15, 0.2) is 48.8 Å². The molecule has 0 saturated carbocycles. The summed E-state index contributed by atoms with van der Waals surface area (Å²) in [5, 5.41) is 0. The second-order valence-corrected chi connectivity index (χ2v) is 2.43. The zero-order valence-electron chi connectivity index (χ0n) is 6.83. The van der Waals surface area contributed by atoms with Crippen LogP contribution in [0.2, 0.25) is 0 Å². The molecule has 3 heteroatoms. The summed E-state index contributed by atoms with van der Waals surface area (Å²) < 4.78 is 0. The van der Waals surface area contributed by atoms with Crippen LogP contribution in [0.3, 0.4) is 0 Å². The number of nitrogens with zero attached hydrogens (tertiary/aromatic N) is 2. The molecule has 0 saturated heterocycles. The summed E-state index contributed by atoms with van der Waals surface area (Å²) in [6, 6.07) is 11.6. The van der Waals surface area contributed by atoms with Gasteiger partial charge in [0.25, 0.3) is 0 Å². The first-order valence-electron chi connectivity index (χ1n) is 3.79. The van der Waals surface area contributed by atoms with Gasteiger partial charge in [0.1, 0.15) is 0 Å². The van der Waals surface area contributed by atoms with Crippen molar-refractivity contribution in [2.75, 3.05) is 0 Å². The van der Waals surface area contributed by atoms with Gasteiger partial charge in [0.2, 0.25) is 0 Å². The summed E-state index contributed by atoms with van der Waals surface area (Å²) in [4.78, 5) is 8.37. The van der Waals surface area contributed by atoms with Crippen LogP contribution < -0.4 is 0 Å². The van der Waals surface area contributed by atoms with Crippen molar-refractivity contribution in [3.05, 3.63) is 48.8 Å². The molecular formula is C10H8N2Pd+2. The largest absolute Gasteiger partial charge is 2.00 e. The number of pyridine rings is 2. The molecule has 0 amide bonds. The van der Waals surface area contributed by atoms with Gasteiger partial charge in [0, 0.05) is 12.4 Å². The van der Waals surface area contributed by atoms with Gasteiger partial charge in [-0.05, 0) is 24.3 Å². The van der Waals surface area contributed by atoms with E-state index in [0.717, 1.165) is 11.4 Å². The fourth-order valence-electron chi connectivity index (χ4n) is 1.03. The predicted molar refractivity (Wildman–Crippen MR) is 47.5 cm³/mol. The monoisotopic (exact) mass is 262 g/mol. The van der Waals surface area contributed by atoms with E-state index >= 15 is 0 Å². The molecule has 2 aromatic rings. The molecule has 0 aliphatic heterocycles. The third-order valence-electron chi connectivity index (χ3n) is 1.59. The Morgan fingerprint density at radius 3 is 1.46 bits per heavy atom. The quantitative estimate of drug-likeness (QED) is 0.736. The SMILES string of the molecule is [Pd+2].c1ccc(-c2ccccn2)nc1. The molecule has 0 N–H and O–H groups in total. The van der Waals surface area contributed by atoms with Gasteiger partial charge in [-0.15, -0.1) is 0 Å². The molecule has 0 aliphatic rings. The molecule has 66 valence electrons. The molecule has 2 nitrogen and oxygen atoms in total. The van der Waals surface area contributed by atoms with E-state index in [2.05, 4.69) is 9.97 Å². The molecule has 2 aromatic heterocycles. The molecule has 0 atom stereocenters. The summed E-state index contributed by atoms with van der Waals surface area (Å²) in [5.41, 5.74) is 1.83. The van der Waals surface area contributed by atoms with E-state index in [1.165, 1.54) is 0 Å². The number of hydrogen-bond donors (Lipinski definition) is 0. The van der Waals surface area contributed by atoms with Crippen LogP contribution in [0.1, 0.15) is 0 Å². The van der Waals surface area contributed by atoms with Crippen molar-refractivity contribution in [1.82, 2.24) is 9.97 Å². The van der Waals surface area contributed by atoms with Gasteiger partial charge in [-0.25, -0.2) is 0 Å². The van der Waals surface area contributed by atoms with Gasteiger partial charge < -0.3 is 0 Å². The van der Waals surface area contributed by atoms with Gasteiger partial charge in [-0.2, -0.15) is 0 Å². The standard InChI is InChI=1S/C10H8N2.Pd/c1-3-7-11-9(5-1)10-6-2-4-8-12-10;/h1-8H;/q;+2. The molecular weight excluding hydrogens is 255 g/mol. The fourth-order valence-corrected chi connectivity index (χ4v) is 1.03. The van der Waals surface area contributed by atoms with E-state index in [9.17, 15) is 0 Å². The number of hydrogen-bond acceptors (Lipinski definition) is 2. The number of aromatic nitrogens is 2. The van der Waals surface area contributed by atoms with Crippen LogP contribution in [-0.2, 0) is 20.4 Å². The van der Waals surface area contributed by atoms with Crippen LogP contribution in [0.25, 0.3) is 11.4 Å². The normalized spacial score (nSPS) is 8.92. The molecule has 2 heterocycles. The summed E-state index contributed by atoms with van der Waals surface area (Å²) in [6.45, 7) is 0. The van der Waals surface area contributed by atoms with Crippen LogP contribution in [-0.4, -0.2) is 9.97 Å². The maximum Gasteiger partial charge on any atom is 2.00 e. The van der Waals surface area contributed by atoms with Crippen LogP contribution in [0, 0.1) is 0 Å². The maximum atomic E-state index is 4.19. The third kappa shape index (κ3) is 2.45. The first-order valence-corrected chi connectivity index (χ1v) is 3.79. The second kappa shape index (κ2) is 4.86. The Morgan fingerprint density at radius 2 is 1.15 bits per heavy atom. The van der Waals surface area contributed by atoms with Crippen molar-refractivity contribution in [1.29, 1.82) is 0 Å². The molecule has 0 aliphatic carbocycles. The van der Waals surface area contributed by atoms with Crippen LogP contribution >= 0.6 is 0 Å². The third-order valence-corrected chi connectivity index (χ3v) is 1.59. The van der Waals surface area contributed by atoms with Crippen LogP contribution in [0.5, 0.6) is 0 Å². The van der Waals surface area contributed by atoms with Crippen molar-refractivity contribution in [2.24, 2.45) is 0 Å². The average molecular weight is 263 g/mol. The first kappa shape index (κ1) is 10.0. The minimum Gasteiger partial charge on any atom is -0.255 e. The molecule has 2 rings (SSSR count). The summed E-state index contributed by atoms with van der Waals surface area (Å²) >= 11 is 0. The zero-order chi connectivity index (χ0) is 8.23. The molecule has 0 radical (unpaired) electrons.